The first-order chi connectivity index (χ1) is 16.0. The molecule has 1 atom stereocenters. The Morgan fingerprint density at radius 3 is 2.52 bits per heavy atom. The van der Waals surface area contributed by atoms with Crippen LogP contribution < -0.4 is 15.2 Å². The average Bonchev–Trinajstić information content (AvgIpc) is 3.28. The number of methoxy groups -OCH3 is 2. The molecule has 2 aromatic carbocycles. The molecule has 3 aromatic rings. The molecule has 9 nitrogen and oxygen atoms in total. The summed E-state index contributed by atoms with van der Waals surface area (Å²) in [7, 11) is 3.19. The van der Waals surface area contributed by atoms with Gasteiger partial charge in [-0.3, -0.25) is 9.69 Å². The number of nitrogens with two attached hydrogens (primary N) is 1. The number of carbonyl (C=O) groups is 1. The zero-order valence-electron chi connectivity index (χ0n) is 18.6. The van der Waals surface area contributed by atoms with E-state index in [1.807, 2.05) is 18.2 Å². The summed E-state index contributed by atoms with van der Waals surface area (Å²) in [5.41, 5.74) is 7.26. The Morgan fingerprint density at radius 2 is 1.88 bits per heavy atom. The van der Waals surface area contributed by atoms with Crippen molar-refractivity contribution in [2.24, 2.45) is 11.7 Å². The first-order valence-corrected chi connectivity index (χ1v) is 10.8. The fourth-order valence-electron chi connectivity index (χ4n) is 4.35. The predicted octanol–water partition coefficient (Wildman–Crippen LogP) is 2.16. The highest BCUT2D eigenvalue weighted by atomic mass is 19.1. The van der Waals surface area contributed by atoms with Gasteiger partial charge in [-0.25, -0.2) is 9.07 Å². The van der Waals surface area contributed by atoms with Crippen LogP contribution in [0.1, 0.15) is 35.8 Å². The Balaban J connectivity index is 1.74. The van der Waals surface area contributed by atoms with Crippen LogP contribution in [0, 0.1) is 11.7 Å². The molecule has 0 bridgehead atoms. The van der Waals surface area contributed by atoms with E-state index in [1.165, 1.54) is 12.1 Å². The van der Waals surface area contributed by atoms with Crippen LogP contribution in [0.3, 0.4) is 0 Å². The molecule has 0 radical (unpaired) electrons. The van der Waals surface area contributed by atoms with Crippen molar-refractivity contribution in [3.63, 3.8) is 0 Å². The number of hydrogen-bond acceptors (Lipinski definition) is 7. The van der Waals surface area contributed by atoms with Crippen LogP contribution in [-0.4, -0.2) is 58.3 Å². The lowest BCUT2D eigenvalue weighted by Gasteiger charge is -2.36. The molecule has 1 amide bonds. The minimum Gasteiger partial charge on any atom is -0.493 e. The van der Waals surface area contributed by atoms with E-state index in [-0.39, 0.29) is 23.7 Å². The van der Waals surface area contributed by atoms with E-state index in [0.29, 0.717) is 49.8 Å². The second-order valence-corrected chi connectivity index (χ2v) is 8.02. The van der Waals surface area contributed by atoms with E-state index in [9.17, 15) is 9.18 Å². The lowest BCUT2D eigenvalue weighted by atomic mass is 9.93. The first kappa shape index (κ1) is 22.7. The van der Waals surface area contributed by atoms with Crippen molar-refractivity contribution in [3.05, 3.63) is 65.2 Å². The van der Waals surface area contributed by atoms with E-state index in [0.717, 1.165) is 11.1 Å². The summed E-state index contributed by atoms with van der Waals surface area (Å²) in [4.78, 5) is 13.9. The van der Waals surface area contributed by atoms with Crippen LogP contribution in [0.25, 0.3) is 0 Å². The predicted molar refractivity (Wildman–Crippen MR) is 118 cm³/mol. The number of aromatic nitrogens is 4. The molecule has 1 saturated heterocycles. The number of amides is 1. The van der Waals surface area contributed by atoms with Crippen molar-refractivity contribution in [2.75, 3.05) is 27.3 Å². The normalized spacial score (nSPS) is 15.8. The number of ether oxygens (including phenoxy) is 2. The highest BCUT2D eigenvalue weighted by Crippen LogP contribution is 2.40. The second-order valence-electron chi connectivity index (χ2n) is 8.02. The fourth-order valence-corrected chi connectivity index (χ4v) is 4.35. The van der Waals surface area contributed by atoms with Gasteiger partial charge in [-0.2, -0.15) is 0 Å². The summed E-state index contributed by atoms with van der Waals surface area (Å²) in [6.45, 7) is 1.66. The largest absolute Gasteiger partial charge is 0.493 e. The van der Waals surface area contributed by atoms with Gasteiger partial charge >= 0.3 is 0 Å². The first-order valence-electron chi connectivity index (χ1n) is 10.8. The summed E-state index contributed by atoms with van der Waals surface area (Å²) >= 11 is 0. The molecule has 1 aliphatic rings. The minimum absolute atomic E-state index is 0.149. The van der Waals surface area contributed by atoms with Crippen molar-refractivity contribution in [3.8, 4) is 11.5 Å². The van der Waals surface area contributed by atoms with Crippen LogP contribution >= 0.6 is 0 Å². The molecular weight excluding hydrogens is 427 g/mol. The van der Waals surface area contributed by atoms with E-state index < -0.39 is 0 Å². The molecule has 10 heteroatoms. The number of benzene rings is 2. The molecule has 2 heterocycles. The highest BCUT2D eigenvalue weighted by molar-refractivity contribution is 5.76. The molecule has 33 heavy (non-hydrogen) atoms. The van der Waals surface area contributed by atoms with Crippen molar-refractivity contribution >= 4 is 5.91 Å². The molecule has 174 valence electrons. The molecule has 1 fully saturated rings. The minimum atomic E-state index is -0.348. The smallest absolute Gasteiger partial charge is 0.220 e. The van der Waals surface area contributed by atoms with Crippen molar-refractivity contribution in [2.45, 2.75) is 25.4 Å². The molecule has 0 aliphatic carbocycles. The number of rotatable bonds is 8. The maximum atomic E-state index is 13.4. The van der Waals surface area contributed by atoms with Crippen LogP contribution in [0.2, 0.25) is 0 Å². The van der Waals surface area contributed by atoms with Crippen molar-refractivity contribution in [1.29, 1.82) is 0 Å². The molecule has 0 saturated carbocycles. The van der Waals surface area contributed by atoms with Gasteiger partial charge in [0.1, 0.15) is 11.9 Å². The zero-order valence-corrected chi connectivity index (χ0v) is 18.6. The van der Waals surface area contributed by atoms with Gasteiger partial charge in [-0.1, -0.05) is 24.3 Å². The lowest BCUT2D eigenvalue weighted by Crippen LogP contribution is -2.41. The van der Waals surface area contributed by atoms with E-state index in [1.54, 1.807) is 31.0 Å². The Hall–Kier alpha value is -3.53. The Morgan fingerprint density at radius 1 is 1.15 bits per heavy atom. The van der Waals surface area contributed by atoms with Gasteiger partial charge in [0.05, 0.1) is 20.8 Å². The number of primary amides is 1. The second kappa shape index (κ2) is 9.95. The quantitative estimate of drug-likeness (QED) is 0.556. The number of tetrazole rings is 1. The molecule has 0 spiro atoms. The zero-order chi connectivity index (χ0) is 23.4. The van der Waals surface area contributed by atoms with Crippen molar-refractivity contribution < 1.29 is 18.7 Å². The van der Waals surface area contributed by atoms with Gasteiger partial charge in [0.2, 0.25) is 5.91 Å². The third-order valence-electron chi connectivity index (χ3n) is 6.07. The standard InChI is InChI=1S/C23H27FN6O3/c1-32-19-5-3-4-18(21(19)33-2)20(29-12-10-16(11-13-29)22(25)31)23-26-27-28-30(23)14-15-6-8-17(24)9-7-15/h3-9,16,20H,10-14H2,1-2H3,(H2,25,31)/t20-/m1/s1. The van der Waals surface area contributed by atoms with Gasteiger partial charge in [0.25, 0.3) is 0 Å². The summed E-state index contributed by atoms with van der Waals surface area (Å²) in [5, 5.41) is 12.5. The summed E-state index contributed by atoms with van der Waals surface area (Å²) in [5.74, 6) is 1.09. The maximum Gasteiger partial charge on any atom is 0.220 e. The number of carbonyl (C=O) groups excluding carboxylic acids is 1. The fraction of sp³-hybridized carbons (Fsp3) is 0.391. The van der Waals surface area contributed by atoms with Gasteiger partial charge < -0.3 is 15.2 Å². The molecule has 0 unspecified atom stereocenters. The van der Waals surface area contributed by atoms with Crippen LogP contribution in [-0.2, 0) is 11.3 Å². The molecular formula is C23H27FN6O3. The SMILES string of the molecule is COc1cccc([C@H](c2nnnn2Cc2ccc(F)cc2)N2CCC(C(N)=O)CC2)c1OC. The Kier molecular flexibility index (Phi) is 6.83. The Labute approximate surface area is 191 Å². The highest BCUT2D eigenvalue weighted by Gasteiger charge is 2.35. The van der Waals surface area contributed by atoms with E-state index in [4.69, 9.17) is 15.2 Å². The summed E-state index contributed by atoms with van der Waals surface area (Å²) in [6.07, 6.45) is 1.30. The summed E-state index contributed by atoms with van der Waals surface area (Å²) < 4.78 is 26.3. The maximum absolute atomic E-state index is 13.4. The number of likely N-dealkylation sites (tertiary alicyclic amines) is 1. The molecule has 2 N–H and O–H groups in total. The lowest BCUT2D eigenvalue weighted by molar-refractivity contribution is -0.123. The van der Waals surface area contributed by atoms with Crippen molar-refractivity contribution in [1.82, 2.24) is 25.1 Å². The number of hydrogen-bond donors (Lipinski definition) is 1. The third-order valence-corrected chi connectivity index (χ3v) is 6.07. The number of piperidine rings is 1. The number of halogens is 1. The van der Waals surface area contributed by atoms with Gasteiger partial charge in [-0.05, 0) is 60.1 Å². The topological polar surface area (TPSA) is 108 Å². The van der Waals surface area contributed by atoms with E-state index >= 15 is 0 Å². The molecule has 1 aliphatic heterocycles. The van der Waals surface area contributed by atoms with Gasteiger partial charge in [0, 0.05) is 11.5 Å². The van der Waals surface area contributed by atoms with E-state index in [2.05, 4.69) is 20.4 Å². The molecule has 4 rings (SSSR count). The monoisotopic (exact) mass is 454 g/mol. The average molecular weight is 455 g/mol. The van der Waals surface area contributed by atoms with Gasteiger partial charge in [0.15, 0.2) is 17.3 Å². The third kappa shape index (κ3) is 4.80. The van der Waals surface area contributed by atoms with Crippen LogP contribution in [0.15, 0.2) is 42.5 Å². The summed E-state index contributed by atoms with van der Waals surface area (Å²) in [6, 6.07) is 11.6. The van der Waals surface area contributed by atoms with Crippen LogP contribution in [0.4, 0.5) is 4.39 Å². The Bertz CT molecular complexity index is 1100. The molecule has 1 aromatic heterocycles. The van der Waals surface area contributed by atoms with Gasteiger partial charge in [-0.15, -0.1) is 5.10 Å². The number of para-hydroxylation sites is 1. The van der Waals surface area contributed by atoms with Crippen LogP contribution in [0.5, 0.6) is 11.5 Å². The number of nitrogens with zero attached hydrogens (tertiary/aromatic N) is 5.